The number of rotatable bonds is 5. The molecule has 0 fully saturated rings. The van der Waals surface area contributed by atoms with E-state index in [2.05, 4.69) is 15.4 Å². The van der Waals surface area contributed by atoms with Crippen LogP contribution >= 0.6 is 11.8 Å². The number of fused-ring (bicyclic) bond motifs is 2. The van der Waals surface area contributed by atoms with E-state index >= 15 is 0 Å². The smallest absolute Gasteiger partial charge is 0.258 e. The highest BCUT2D eigenvalue weighted by molar-refractivity contribution is 7.97. The van der Waals surface area contributed by atoms with Crippen LogP contribution < -0.4 is 5.43 Å². The van der Waals surface area contributed by atoms with Crippen LogP contribution in [0.15, 0.2) is 54.9 Å². The van der Waals surface area contributed by atoms with Crippen molar-refractivity contribution in [2.75, 3.05) is 11.7 Å². The third-order valence-corrected chi connectivity index (χ3v) is 4.55. The molecule has 0 atom stereocenters. The normalized spacial score (nSPS) is 11.2. The number of hydrogen-bond acceptors (Lipinski definition) is 4. The summed E-state index contributed by atoms with van der Waals surface area (Å²) in [4.78, 5) is 21.5. The molecular formula is C18H17N5OS. The van der Waals surface area contributed by atoms with Gasteiger partial charge < -0.3 is 4.57 Å². The summed E-state index contributed by atoms with van der Waals surface area (Å²) in [7, 11) is 0. The van der Waals surface area contributed by atoms with Gasteiger partial charge in [0.2, 0.25) is 0 Å². The van der Waals surface area contributed by atoms with Gasteiger partial charge in [-0.2, -0.15) is 11.8 Å². The standard InChI is InChI=1S/C18H17N5OS/c1-25-11-17-20-14-7-3-4-8-15(14)22(17)10-18(24)21-23-12-19-13-6-2-5-9-16(13)23/h2-9,12H,10-11H2,1H3,(H,21,24). The van der Waals surface area contributed by atoms with E-state index in [4.69, 9.17) is 0 Å². The predicted molar refractivity (Wildman–Crippen MR) is 101 cm³/mol. The first-order valence-electron chi connectivity index (χ1n) is 7.91. The summed E-state index contributed by atoms with van der Waals surface area (Å²) >= 11 is 1.69. The molecule has 6 nitrogen and oxygen atoms in total. The third kappa shape index (κ3) is 2.98. The van der Waals surface area contributed by atoms with Crippen molar-refractivity contribution in [2.45, 2.75) is 12.3 Å². The van der Waals surface area contributed by atoms with Gasteiger partial charge in [0.25, 0.3) is 5.91 Å². The molecule has 1 N–H and O–H groups in total. The lowest BCUT2D eigenvalue weighted by atomic mass is 10.3. The van der Waals surface area contributed by atoms with Gasteiger partial charge in [0, 0.05) is 0 Å². The molecule has 0 bridgehead atoms. The third-order valence-electron chi connectivity index (χ3n) is 4.01. The largest absolute Gasteiger partial charge is 0.318 e. The minimum absolute atomic E-state index is 0.117. The fraction of sp³-hybridized carbons (Fsp3) is 0.167. The molecule has 2 heterocycles. The van der Waals surface area contributed by atoms with Crippen LogP contribution in [-0.4, -0.2) is 31.4 Å². The van der Waals surface area contributed by atoms with Crippen LogP contribution in [0, 0.1) is 0 Å². The van der Waals surface area contributed by atoms with Crippen molar-refractivity contribution in [1.29, 1.82) is 0 Å². The number of aromatic nitrogens is 4. The second-order valence-corrected chi connectivity index (χ2v) is 6.54. The SMILES string of the molecule is CSCc1nc2ccccc2n1CC(=O)Nn1cnc2ccccc21. The van der Waals surface area contributed by atoms with E-state index in [1.807, 2.05) is 59.4 Å². The van der Waals surface area contributed by atoms with Gasteiger partial charge in [-0.1, -0.05) is 24.3 Å². The molecule has 0 aliphatic carbocycles. The fourth-order valence-electron chi connectivity index (χ4n) is 2.90. The van der Waals surface area contributed by atoms with E-state index in [0.29, 0.717) is 0 Å². The molecule has 0 saturated carbocycles. The van der Waals surface area contributed by atoms with Crippen LogP contribution in [-0.2, 0) is 17.1 Å². The summed E-state index contributed by atoms with van der Waals surface area (Å²) < 4.78 is 3.63. The first kappa shape index (κ1) is 15.7. The second kappa shape index (κ2) is 6.60. The van der Waals surface area contributed by atoms with Gasteiger partial charge in [-0.25, -0.2) is 14.6 Å². The van der Waals surface area contributed by atoms with Crippen molar-refractivity contribution < 1.29 is 4.79 Å². The molecule has 0 aliphatic rings. The molecule has 0 unspecified atom stereocenters. The lowest BCUT2D eigenvalue weighted by Gasteiger charge is -2.10. The Morgan fingerprint density at radius 2 is 1.80 bits per heavy atom. The summed E-state index contributed by atoms with van der Waals surface area (Å²) in [6.45, 7) is 0.211. The van der Waals surface area contributed by atoms with Crippen molar-refractivity contribution in [3.8, 4) is 0 Å². The molecule has 2 aromatic carbocycles. The number of nitrogens with zero attached hydrogens (tertiary/aromatic N) is 4. The number of carbonyl (C=O) groups excluding carboxylic acids is 1. The van der Waals surface area contributed by atoms with Crippen LogP contribution in [0.5, 0.6) is 0 Å². The Hall–Kier alpha value is -2.80. The summed E-state index contributed by atoms with van der Waals surface area (Å²) in [6, 6.07) is 15.6. The molecule has 2 aromatic heterocycles. The van der Waals surface area contributed by atoms with E-state index in [1.54, 1.807) is 22.8 Å². The van der Waals surface area contributed by atoms with Crippen LogP contribution in [0.25, 0.3) is 22.1 Å². The van der Waals surface area contributed by atoms with Crippen molar-refractivity contribution in [3.05, 3.63) is 60.7 Å². The molecular weight excluding hydrogens is 334 g/mol. The molecule has 25 heavy (non-hydrogen) atoms. The molecule has 0 saturated heterocycles. The Balaban J connectivity index is 1.62. The topological polar surface area (TPSA) is 64.7 Å². The molecule has 126 valence electrons. The summed E-state index contributed by atoms with van der Waals surface area (Å²) in [5.41, 5.74) is 6.49. The molecule has 0 aliphatic heterocycles. The number of amides is 1. The zero-order valence-electron chi connectivity index (χ0n) is 13.7. The van der Waals surface area contributed by atoms with Gasteiger partial charge in [0.05, 0.1) is 27.8 Å². The molecule has 4 aromatic rings. The van der Waals surface area contributed by atoms with E-state index in [9.17, 15) is 4.79 Å². The highest BCUT2D eigenvalue weighted by Gasteiger charge is 2.14. The highest BCUT2D eigenvalue weighted by atomic mass is 32.2. The molecule has 1 amide bonds. The predicted octanol–water partition coefficient (Wildman–Crippen LogP) is 3.02. The van der Waals surface area contributed by atoms with Gasteiger partial charge in [-0.05, 0) is 30.5 Å². The van der Waals surface area contributed by atoms with E-state index in [-0.39, 0.29) is 12.5 Å². The number of imidazole rings is 2. The van der Waals surface area contributed by atoms with Gasteiger partial charge in [0.1, 0.15) is 18.7 Å². The zero-order chi connectivity index (χ0) is 17.2. The molecule has 7 heteroatoms. The Morgan fingerprint density at radius 3 is 2.60 bits per heavy atom. The van der Waals surface area contributed by atoms with E-state index in [0.717, 1.165) is 33.6 Å². The number of benzene rings is 2. The average Bonchev–Trinajstić information content (AvgIpc) is 3.18. The monoisotopic (exact) mass is 351 g/mol. The Kier molecular flexibility index (Phi) is 4.15. The van der Waals surface area contributed by atoms with Crippen molar-refractivity contribution in [2.24, 2.45) is 0 Å². The number of nitrogens with one attached hydrogen (secondary N) is 1. The highest BCUT2D eigenvalue weighted by Crippen LogP contribution is 2.19. The number of hydrogen-bond donors (Lipinski definition) is 1. The number of thioether (sulfide) groups is 1. The van der Waals surface area contributed by atoms with E-state index in [1.165, 1.54) is 0 Å². The zero-order valence-corrected chi connectivity index (χ0v) is 14.5. The average molecular weight is 351 g/mol. The quantitative estimate of drug-likeness (QED) is 0.600. The van der Waals surface area contributed by atoms with Gasteiger partial charge in [-0.15, -0.1) is 0 Å². The molecule has 0 spiro atoms. The van der Waals surface area contributed by atoms with Crippen molar-refractivity contribution in [3.63, 3.8) is 0 Å². The van der Waals surface area contributed by atoms with Crippen LogP contribution in [0.1, 0.15) is 5.82 Å². The number of para-hydroxylation sites is 4. The Morgan fingerprint density at radius 1 is 1.08 bits per heavy atom. The fourth-order valence-corrected chi connectivity index (χ4v) is 3.38. The van der Waals surface area contributed by atoms with Gasteiger partial charge in [-0.3, -0.25) is 10.2 Å². The Labute approximate surface area is 148 Å². The van der Waals surface area contributed by atoms with Crippen LogP contribution in [0.4, 0.5) is 0 Å². The minimum Gasteiger partial charge on any atom is -0.318 e. The summed E-state index contributed by atoms with van der Waals surface area (Å²) in [6.07, 6.45) is 3.65. The van der Waals surface area contributed by atoms with Crippen molar-refractivity contribution >= 4 is 39.7 Å². The lowest BCUT2D eigenvalue weighted by molar-refractivity contribution is -0.117. The number of carbonyl (C=O) groups is 1. The van der Waals surface area contributed by atoms with Crippen LogP contribution in [0.3, 0.4) is 0 Å². The van der Waals surface area contributed by atoms with Crippen LogP contribution in [0.2, 0.25) is 0 Å². The first-order valence-corrected chi connectivity index (χ1v) is 9.30. The molecule has 4 rings (SSSR count). The maximum Gasteiger partial charge on any atom is 0.258 e. The first-order chi connectivity index (χ1) is 12.3. The second-order valence-electron chi connectivity index (χ2n) is 5.67. The van der Waals surface area contributed by atoms with Gasteiger partial charge >= 0.3 is 0 Å². The molecule has 0 radical (unpaired) electrons. The minimum atomic E-state index is -0.117. The summed E-state index contributed by atoms with van der Waals surface area (Å²) in [5, 5.41) is 0. The maximum atomic E-state index is 12.6. The lowest BCUT2D eigenvalue weighted by Crippen LogP contribution is -2.26. The Bertz CT molecular complexity index is 1050. The van der Waals surface area contributed by atoms with Gasteiger partial charge in [0.15, 0.2) is 0 Å². The summed E-state index contributed by atoms with van der Waals surface area (Å²) in [5.74, 6) is 1.55. The van der Waals surface area contributed by atoms with Crippen molar-refractivity contribution in [1.82, 2.24) is 19.2 Å². The maximum absolute atomic E-state index is 12.6. The van der Waals surface area contributed by atoms with E-state index < -0.39 is 0 Å².